The molecule has 0 aromatic heterocycles. The summed E-state index contributed by atoms with van der Waals surface area (Å²) >= 11 is 1.22. The largest absolute Gasteiger partial charge is 0.497 e. The number of methoxy groups -OCH3 is 1. The van der Waals surface area contributed by atoms with Gasteiger partial charge in [0.2, 0.25) is 0 Å². The van der Waals surface area contributed by atoms with Crippen LogP contribution >= 0.6 is 11.8 Å². The van der Waals surface area contributed by atoms with Gasteiger partial charge in [-0.3, -0.25) is 9.59 Å². The zero-order chi connectivity index (χ0) is 24.9. The van der Waals surface area contributed by atoms with Crippen molar-refractivity contribution in [1.82, 2.24) is 0 Å². The van der Waals surface area contributed by atoms with Gasteiger partial charge in [0.1, 0.15) is 16.4 Å². The molecule has 0 radical (unpaired) electrons. The Morgan fingerprint density at radius 2 is 1.54 bits per heavy atom. The Kier molecular flexibility index (Phi) is 7.22. The number of imide groups is 1. The van der Waals surface area contributed by atoms with Crippen LogP contribution in [0.5, 0.6) is 5.75 Å². The minimum absolute atomic E-state index is 0.178. The van der Waals surface area contributed by atoms with E-state index in [1.54, 1.807) is 69.5 Å². The summed E-state index contributed by atoms with van der Waals surface area (Å²) in [7, 11) is 1.57. The van der Waals surface area contributed by atoms with Gasteiger partial charge in [-0.2, -0.15) is 0 Å². The maximum Gasteiger partial charge on any atom is 0.338 e. The molecule has 178 valence electrons. The molecule has 0 aliphatic carbocycles. The number of hydrogen-bond acceptors (Lipinski definition) is 7. The maximum atomic E-state index is 13.5. The Bertz CT molecular complexity index is 1270. The summed E-state index contributed by atoms with van der Waals surface area (Å²) in [5, 5.41) is 3.11. The van der Waals surface area contributed by atoms with Crippen LogP contribution in [-0.4, -0.2) is 31.0 Å². The normalized spacial score (nSPS) is 13.4. The molecular weight excluding hydrogens is 464 g/mol. The lowest BCUT2D eigenvalue weighted by Gasteiger charge is -2.16. The minimum atomic E-state index is -0.484. The van der Waals surface area contributed by atoms with E-state index in [9.17, 15) is 14.4 Å². The van der Waals surface area contributed by atoms with Crippen molar-refractivity contribution >= 4 is 40.9 Å². The second-order valence-corrected chi connectivity index (χ2v) is 9.00. The number of thioether (sulfide) groups is 1. The molecule has 7 nitrogen and oxygen atoms in total. The summed E-state index contributed by atoms with van der Waals surface area (Å²) in [6.07, 6.45) is -0.253. The van der Waals surface area contributed by atoms with Crippen molar-refractivity contribution < 1.29 is 23.9 Å². The number of hydrogen-bond donors (Lipinski definition) is 1. The fourth-order valence-corrected chi connectivity index (χ4v) is 4.35. The van der Waals surface area contributed by atoms with Gasteiger partial charge in [-0.1, -0.05) is 30.0 Å². The van der Waals surface area contributed by atoms with E-state index in [1.807, 2.05) is 30.3 Å². The Balaban J connectivity index is 1.65. The lowest BCUT2D eigenvalue weighted by Crippen LogP contribution is -2.32. The molecule has 4 rings (SSSR count). The van der Waals surface area contributed by atoms with Crippen LogP contribution < -0.4 is 15.0 Å². The first-order valence-electron chi connectivity index (χ1n) is 11.0. The van der Waals surface area contributed by atoms with E-state index in [0.29, 0.717) is 22.7 Å². The maximum absolute atomic E-state index is 13.5. The predicted molar refractivity (Wildman–Crippen MR) is 135 cm³/mol. The highest BCUT2D eigenvalue weighted by Crippen LogP contribution is 2.38. The van der Waals surface area contributed by atoms with Gasteiger partial charge in [-0.15, -0.1) is 0 Å². The molecule has 0 saturated heterocycles. The van der Waals surface area contributed by atoms with Gasteiger partial charge in [0, 0.05) is 10.6 Å². The molecule has 0 unspecified atom stereocenters. The van der Waals surface area contributed by atoms with Gasteiger partial charge >= 0.3 is 5.97 Å². The van der Waals surface area contributed by atoms with Crippen LogP contribution in [0.15, 0.2) is 94.4 Å². The molecule has 3 aromatic rings. The molecule has 1 heterocycles. The molecule has 0 spiro atoms. The van der Waals surface area contributed by atoms with Crippen molar-refractivity contribution in [3.05, 3.63) is 95.0 Å². The van der Waals surface area contributed by atoms with Crippen molar-refractivity contribution in [1.29, 1.82) is 0 Å². The molecule has 0 saturated carbocycles. The molecule has 1 N–H and O–H groups in total. The van der Waals surface area contributed by atoms with E-state index < -0.39 is 17.8 Å². The fraction of sp³-hybridized carbons (Fsp3) is 0.148. The van der Waals surface area contributed by atoms with Gasteiger partial charge < -0.3 is 14.8 Å². The summed E-state index contributed by atoms with van der Waals surface area (Å²) in [5.74, 6) is -0.722. The van der Waals surface area contributed by atoms with E-state index in [-0.39, 0.29) is 16.7 Å². The first-order chi connectivity index (χ1) is 16.9. The van der Waals surface area contributed by atoms with Gasteiger partial charge in [0.25, 0.3) is 11.8 Å². The smallest absolute Gasteiger partial charge is 0.338 e. The second kappa shape index (κ2) is 10.5. The van der Waals surface area contributed by atoms with Crippen LogP contribution in [0.3, 0.4) is 0 Å². The highest BCUT2D eigenvalue weighted by molar-refractivity contribution is 8.04. The fourth-order valence-electron chi connectivity index (χ4n) is 3.40. The van der Waals surface area contributed by atoms with E-state index in [4.69, 9.17) is 9.47 Å². The van der Waals surface area contributed by atoms with E-state index >= 15 is 0 Å². The third-order valence-corrected chi connectivity index (χ3v) is 6.16. The average Bonchev–Trinajstić information content (AvgIpc) is 3.08. The molecule has 1 aliphatic heterocycles. The molecule has 8 heteroatoms. The van der Waals surface area contributed by atoms with Crippen LogP contribution in [-0.2, 0) is 14.3 Å². The summed E-state index contributed by atoms with van der Waals surface area (Å²) in [6.45, 7) is 3.53. The van der Waals surface area contributed by atoms with E-state index in [2.05, 4.69) is 5.32 Å². The van der Waals surface area contributed by atoms with Gasteiger partial charge in [-0.05, 0) is 74.5 Å². The van der Waals surface area contributed by atoms with Crippen LogP contribution in [0.4, 0.5) is 11.4 Å². The third kappa shape index (κ3) is 5.38. The van der Waals surface area contributed by atoms with Crippen molar-refractivity contribution in [2.24, 2.45) is 0 Å². The summed E-state index contributed by atoms with van der Waals surface area (Å²) in [5.41, 5.74) is 1.52. The van der Waals surface area contributed by atoms with Crippen LogP contribution in [0, 0.1) is 0 Å². The average molecular weight is 489 g/mol. The minimum Gasteiger partial charge on any atom is -0.497 e. The van der Waals surface area contributed by atoms with Crippen molar-refractivity contribution in [2.75, 3.05) is 17.3 Å². The van der Waals surface area contributed by atoms with E-state index in [1.165, 1.54) is 11.8 Å². The monoisotopic (exact) mass is 488 g/mol. The summed E-state index contributed by atoms with van der Waals surface area (Å²) < 4.78 is 10.4. The number of nitrogens with one attached hydrogen (secondary N) is 1. The highest BCUT2D eigenvalue weighted by atomic mass is 32.2. The Labute approximate surface area is 207 Å². The summed E-state index contributed by atoms with van der Waals surface area (Å²) in [4.78, 5) is 41.3. The first-order valence-corrected chi connectivity index (χ1v) is 11.8. The molecule has 0 atom stereocenters. The lowest BCUT2D eigenvalue weighted by molar-refractivity contribution is -0.120. The second-order valence-electron chi connectivity index (χ2n) is 7.92. The van der Waals surface area contributed by atoms with E-state index in [0.717, 1.165) is 9.80 Å². The highest BCUT2D eigenvalue weighted by Gasteiger charge is 2.40. The molecule has 1 aliphatic rings. The molecule has 3 aromatic carbocycles. The topological polar surface area (TPSA) is 84.9 Å². The first kappa shape index (κ1) is 24.1. The number of amides is 2. The SMILES string of the molecule is COc1ccc(NC2=C(Sc3ccccc3)C(=O)N(c3ccc(C(=O)OC(C)C)cc3)C2=O)cc1. The number of benzene rings is 3. The van der Waals surface area contributed by atoms with Crippen molar-refractivity contribution in [3.8, 4) is 5.75 Å². The number of carbonyl (C=O) groups excluding carboxylic acids is 3. The Hall–Kier alpha value is -4.04. The van der Waals surface area contributed by atoms with Crippen molar-refractivity contribution in [2.45, 2.75) is 24.8 Å². The number of esters is 1. The van der Waals surface area contributed by atoms with Crippen molar-refractivity contribution in [3.63, 3.8) is 0 Å². The number of anilines is 2. The number of nitrogens with zero attached hydrogens (tertiary/aromatic N) is 1. The van der Waals surface area contributed by atoms with Crippen LogP contribution in [0.2, 0.25) is 0 Å². The quantitative estimate of drug-likeness (QED) is 0.342. The predicted octanol–water partition coefficient (Wildman–Crippen LogP) is 5.25. The number of rotatable bonds is 8. The van der Waals surface area contributed by atoms with Crippen LogP contribution in [0.1, 0.15) is 24.2 Å². The molecule has 0 fully saturated rings. The standard InChI is InChI=1S/C27H24N2O5S/c1-17(2)34-27(32)18-9-13-20(14-10-18)29-25(30)23(28-19-11-15-21(33-3)16-12-19)24(26(29)31)35-22-7-5-4-6-8-22/h4-17,28H,1-3H3. The molecule has 2 amide bonds. The van der Waals surface area contributed by atoms with Gasteiger partial charge in [0.05, 0.1) is 24.5 Å². The summed E-state index contributed by atoms with van der Waals surface area (Å²) in [6, 6.07) is 22.6. The van der Waals surface area contributed by atoms with Crippen LogP contribution in [0.25, 0.3) is 0 Å². The number of ether oxygens (including phenoxy) is 2. The molecule has 0 bridgehead atoms. The Morgan fingerprint density at radius 1 is 0.886 bits per heavy atom. The number of carbonyl (C=O) groups is 3. The third-order valence-electron chi connectivity index (χ3n) is 5.07. The lowest BCUT2D eigenvalue weighted by atomic mass is 10.2. The zero-order valence-corrected chi connectivity index (χ0v) is 20.3. The molecule has 35 heavy (non-hydrogen) atoms. The van der Waals surface area contributed by atoms with Gasteiger partial charge in [-0.25, -0.2) is 9.69 Å². The zero-order valence-electron chi connectivity index (χ0n) is 19.5. The molecular formula is C27H24N2O5S. The Morgan fingerprint density at radius 3 is 2.14 bits per heavy atom. The van der Waals surface area contributed by atoms with Gasteiger partial charge in [0.15, 0.2) is 0 Å².